The third-order valence-electron chi connectivity index (χ3n) is 1.88. The van der Waals surface area contributed by atoms with Crippen LogP contribution in [0.15, 0.2) is 24.3 Å². The molecule has 0 aliphatic heterocycles. The highest BCUT2D eigenvalue weighted by Crippen LogP contribution is 2.26. The lowest BCUT2D eigenvalue weighted by Gasteiger charge is -1.99. The molecule has 0 N–H and O–H groups in total. The van der Waals surface area contributed by atoms with Gasteiger partial charge in [-0.05, 0) is 42.5 Å². The first-order chi connectivity index (χ1) is 8.69. The normalized spacial score (nSPS) is 10.1. The van der Waals surface area contributed by atoms with Gasteiger partial charge in [-0.2, -0.15) is 0 Å². The molecule has 7 heteroatoms. The molecule has 0 amide bonds. The Balaban J connectivity index is 2.06. The second-order valence-corrected chi connectivity index (χ2v) is 4.53. The van der Waals surface area contributed by atoms with Crippen LogP contribution in [-0.2, 0) is 4.74 Å². The van der Waals surface area contributed by atoms with Crippen molar-refractivity contribution in [3.8, 4) is 10.9 Å². The third-order valence-corrected chi connectivity index (χ3v) is 2.91. The maximum atomic E-state index is 11.4. The molecular formula is C11H9ClN2O3S. The fraction of sp³-hybridized carbons (Fsp3) is 0.182. The number of benzene rings is 1. The molecule has 0 fully saturated rings. The van der Waals surface area contributed by atoms with Crippen LogP contribution in [0, 0.1) is 0 Å². The molecule has 1 heterocycles. The molecule has 0 saturated carbocycles. The zero-order chi connectivity index (χ0) is 13.0. The Morgan fingerprint density at radius 2 is 2.06 bits per heavy atom. The summed E-state index contributed by atoms with van der Waals surface area (Å²) < 4.78 is 10.2. The number of carbonyl (C=O) groups is 1. The summed E-state index contributed by atoms with van der Waals surface area (Å²) >= 11 is 6.78. The molecular weight excluding hydrogens is 276 g/mol. The number of rotatable bonds is 4. The monoisotopic (exact) mass is 284 g/mol. The van der Waals surface area contributed by atoms with Crippen LogP contribution < -0.4 is 4.74 Å². The molecule has 0 bridgehead atoms. The van der Waals surface area contributed by atoms with E-state index in [1.54, 1.807) is 31.2 Å². The first-order valence-electron chi connectivity index (χ1n) is 5.13. The molecule has 1 aromatic heterocycles. The lowest BCUT2D eigenvalue weighted by atomic mass is 10.3. The minimum atomic E-state index is -0.499. The Morgan fingerprint density at radius 1 is 1.33 bits per heavy atom. The van der Waals surface area contributed by atoms with E-state index < -0.39 is 5.97 Å². The van der Waals surface area contributed by atoms with Crippen LogP contribution in [0.2, 0.25) is 5.02 Å². The SMILES string of the molecule is CCOC(=O)c1nnc(Oc2ccc(Cl)cc2)s1. The molecule has 2 rings (SSSR count). The van der Waals surface area contributed by atoms with Crippen LogP contribution in [-0.4, -0.2) is 22.8 Å². The molecule has 0 radical (unpaired) electrons. The molecule has 0 atom stereocenters. The fourth-order valence-electron chi connectivity index (χ4n) is 1.13. The second-order valence-electron chi connectivity index (χ2n) is 3.15. The molecule has 0 unspecified atom stereocenters. The highest BCUT2D eigenvalue weighted by Gasteiger charge is 2.14. The minimum absolute atomic E-state index is 0.167. The van der Waals surface area contributed by atoms with Gasteiger partial charge in [0, 0.05) is 5.02 Å². The average Bonchev–Trinajstić information content (AvgIpc) is 2.81. The summed E-state index contributed by atoms with van der Waals surface area (Å²) in [4.78, 5) is 11.4. The summed E-state index contributed by atoms with van der Waals surface area (Å²) in [5.74, 6) is 0.0758. The van der Waals surface area contributed by atoms with E-state index in [1.165, 1.54) is 0 Å². The average molecular weight is 285 g/mol. The van der Waals surface area contributed by atoms with Crippen molar-refractivity contribution in [3.05, 3.63) is 34.3 Å². The minimum Gasteiger partial charge on any atom is -0.461 e. The van der Waals surface area contributed by atoms with E-state index in [1.807, 2.05) is 0 Å². The number of nitrogens with zero attached hydrogens (tertiary/aromatic N) is 2. The maximum absolute atomic E-state index is 11.4. The number of hydrogen-bond acceptors (Lipinski definition) is 6. The molecule has 1 aromatic carbocycles. The van der Waals surface area contributed by atoms with Crippen LogP contribution in [0.1, 0.15) is 16.7 Å². The highest BCUT2D eigenvalue weighted by atomic mass is 35.5. The van der Waals surface area contributed by atoms with E-state index in [0.29, 0.717) is 17.4 Å². The Kier molecular flexibility index (Phi) is 4.11. The predicted octanol–water partition coefficient (Wildman–Crippen LogP) is 3.16. The van der Waals surface area contributed by atoms with Gasteiger partial charge in [-0.1, -0.05) is 16.7 Å². The topological polar surface area (TPSA) is 61.3 Å². The van der Waals surface area contributed by atoms with Gasteiger partial charge in [-0.25, -0.2) is 4.79 Å². The molecule has 94 valence electrons. The van der Waals surface area contributed by atoms with Crippen molar-refractivity contribution < 1.29 is 14.3 Å². The van der Waals surface area contributed by atoms with Crippen LogP contribution in [0.5, 0.6) is 10.9 Å². The Labute approximate surface area is 112 Å². The summed E-state index contributed by atoms with van der Waals surface area (Å²) in [6, 6.07) is 6.80. The van der Waals surface area contributed by atoms with Gasteiger partial charge in [0.05, 0.1) is 6.61 Å². The second kappa shape index (κ2) is 5.79. The van der Waals surface area contributed by atoms with Crippen LogP contribution >= 0.6 is 22.9 Å². The lowest BCUT2D eigenvalue weighted by molar-refractivity contribution is 0.0525. The van der Waals surface area contributed by atoms with Crippen LogP contribution in [0.25, 0.3) is 0 Å². The molecule has 0 spiro atoms. The van der Waals surface area contributed by atoms with E-state index in [4.69, 9.17) is 21.1 Å². The van der Waals surface area contributed by atoms with E-state index in [-0.39, 0.29) is 10.2 Å². The summed E-state index contributed by atoms with van der Waals surface area (Å²) in [6.45, 7) is 2.02. The van der Waals surface area contributed by atoms with Crippen molar-refractivity contribution in [3.63, 3.8) is 0 Å². The molecule has 0 aliphatic rings. The van der Waals surface area contributed by atoms with Gasteiger partial charge in [0.1, 0.15) is 5.75 Å². The Bertz CT molecular complexity index is 541. The van der Waals surface area contributed by atoms with Gasteiger partial charge in [0.2, 0.25) is 5.01 Å². The standard InChI is InChI=1S/C11H9ClN2O3S/c1-2-16-10(15)9-13-14-11(18-9)17-8-5-3-7(12)4-6-8/h3-6H,2H2,1H3. The van der Waals surface area contributed by atoms with Crippen molar-refractivity contribution in [1.29, 1.82) is 0 Å². The summed E-state index contributed by atoms with van der Waals surface area (Å²) in [6.07, 6.45) is 0. The van der Waals surface area contributed by atoms with E-state index in [2.05, 4.69) is 10.2 Å². The zero-order valence-electron chi connectivity index (χ0n) is 9.42. The molecule has 0 saturated heterocycles. The number of esters is 1. The van der Waals surface area contributed by atoms with Crippen molar-refractivity contribution in [1.82, 2.24) is 10.2 Å². The van der Waals surface area contributed by atoms with Crippen molar-refractivity contribution in [2.24, 2.45) is 0 Å². The van der Waals surface area contributed by atoms with Gasteiger partial charge in [-0.3, -0.25) is 0 Å². The third kappa shape index (κ3) is 3.18. The molecule has 0 aliphatic carbocycles. The summed E-state index contributed by atoms with van der Waals surface area (Å²) in [7, 11) is 0. The number of ether oxygens (including phenoxy) is 2. The molecule has 5 nitrogen and oxygen atoms in total. The maximum Gasteiger partial charge on any atom is 0.369 e. The molecule has 18 heavy (non-hydrogen) atoms. The van der Waals surface area contributed by atoms with E-state index in [9.17, 15) is 4.79 Å². The van der Waals surface area contributed by atoms with Gasteiger partial charge in [0.25, 0.3) is 5.19 Å². The number of halogens is 1. The van der Waals surface area contributed by atoms with E-state index in [0.717, 1.165) is 11.3 Å². The highest BCUT2D eigenvalue weighted by molar-refractivity contribution is 7.14. The number of carbonyl (C=O) groups excluding carboxylic acids is 1. The zero-order valence-corrected chi connectivity index (χ0v) is 11.0. The quantitative estimate of drug-likeness (QED) is 0.807. The van der Waals surface area contributed by atoms with Gasteiger partial charge in [-0.15, -0.1) is 5.10 Å². The first-order valence-corrected chi connectivity index (χ1v) is 6.32. The lowest BCUT2D eigenvalue weighted by Crippen LogP contribution is -2.03. The number of hydrogen-bond donors (Lipinski definition) is 0. The Hall–Kier alpha value is -1.66. The van der Waals surface area contributed by atoms with Gasteiger partial charge >= 0.3 is 5.97 Å². The predicted molar refractivity (Wildman–Crippen MR) is 67.4 cm³/mol. The fourth-order valence-corrected chi connectivity index (χ4v) is 1.86. The summed E-state index contributed by atoms with van der Waals surface area (Å²) in [5, 5.41) is 8.50. The van der Waals surface area contributed by atoms with Crippen molar-refractivity contribution in [2.75, 3.05) is 6.61 Å². The van der Waals surface area contributed by atoms with Crippen LogP contribution in [0.4, 0.5) is 0 Å². The molecule has 2 aromatic rings. The van der Waals surface area contributed by atoms with Crippen molar-refractivity contribution >= 4 is 28.9 Å². The van der Waals surface area contributed by atoms with Crippen molar-refractivity contribution in [2.45, 2.75) is 6.92 Å². The largest absolute Gasteiger partial charge is 0.461 e. The number of aromatic nitrogens is 2. The Morgan fingerprint density at radius 3 is 2.72 bits per heavy atom. The smallest absolute Gasteiger partial charge is 0.369 e. The summed E-state index contributed by atoms with van der Waals surface area (Å²) in [5.41, 5.74) is 0. The first kappa shape index (κ1) is 12.8. The van der Waals surface area contributed by atoms with Gasteiger partial charge in [0.15, 0.2) is 0 Å². The van der Waals surface area contributed by atoms with Crippen LogP contribution in [0.3, 0.4) is 0 Å². The van der Waals surface area contributed by atoms with Gasteiger partial charge < -0.3 is 9.47 Å². The van der Waals surface area contributed by atoms with E-state index >= 15 is 0 Å².